The van der Waals surface area contributed by atoms with Gasteiger partial charge < -0.3 is 25.0 Å². The standard InChI is InChI=1S/C13H25N3O4/c1-15(2)13(6-5-7-13)9-16(3)12(19)14-8-10(20-4)11(17)18/h10H,5-9H2,1-4H3,(H,14,19)(H,17,18). The second-order valence-corrected chi connectivity index (χ2v) is 5.58. The number of hydrogen-bond donors (Lipinski definition) is 2. The zero-order valence-electron chi connectivity index (χ0n) is 12.7. The first-order chi connectivity index (χ1) is 9.32. The molecule has 7 nitrogen and oxygen atoms in total. The number of hydrogen-bond acceptors (Lipinski definition) is 4. The van der Waals surface area contributed by atoms with Gasteiger partial charge in [-0.2, -0.15) is 0 Å². The van der Waals surface area contributed by atoms with Crippen LogP contribution in [0.4, 0.5) is 4.79 Å². The van der Waals surface area contributed by atoms with E-state index in [1.807, 2.05) is 14.1 Å². The van der Waals surface area contributed by atoms with Crippen molar-refractivity contribution < 1.29 is 19.4 Å². The Bertz CT molecular complexity index is 356. The molecule has 0 spiro atoms. The number of carbonyl (C=O) groups is 2. The number of carbonyl (C=O) groups excluding carboxylic acids is 1. The first-order valence-corrected chi connectivity index (χ1v) is 6.74. The zero-order chi connectivity index (χ0) is 15.3. The van der Waals surface area contributed by atoms with Gasteiger partial charge in [-0.05, 0) is 33.4 Å². The average Bonchev–Trinajstić information content (AvgIpc) is 2.32. The summed E-state index contributed by atoms with van der Waals surface area (Å²) in [7, 11) is 7.08. The Balaban J connectivity index is 2.45. The minimum absolute atomic E-state index is 0.0377. The number of amides is 2. The first-order valence-electron chi connectivity index (χ1n) is 6.74. The Labute approximate surface area is 119 Å². The van der Waals surface area contributed by atoms with Crippen molar-refractivity contribution in [2.75, 3.05) is 41.3 Å². The molecule has 1 rings (SSSR count). The summed E-state index contributed by atoms with van der Waals surface area (Å²) in [6.07, 6.45) is 2.32. The summed E-state index contributed by atoms with van der Waals surface area (Å²) in [6, 6.07) is -0.276. The van der Waals surface area contributed by atoms with Gasteiger partial charge in [0.15, 0.2) is 6.10 Å². The number of nitrogens with one attached hydrogen (secondary N) is 1. The average molecular weight is 287 g/mol. The molecule has 2 amide bonds. The molecule has 1 aliphatic carbocycles. The Morgan fingerprint density at radius 3 is 2.30 bits per heavy atom. The predicted molar refractivity (Wildman–Crippen MR) is 74.7 cm³/mol. The highest BCUT2D eigenvalue weighted by Gasteiger charge is 2.40. The summed E-state index contributed by atoms with van der Waals surface area (Å²) < 4.78 is 4.77. The lowest BCUT2D eigenvalue weighted by Gasteiger charge is -2.49. The third-order valence-corrected chi connectivity index (χ3v) is 4.11. The van der Waals surface area contributed by atoms with E-state index in [9.17, 15) is 9.59 Å². The maximum atomic E-state index is 12.0. The molecule has 0 saturated heterocycles. The number of nitrogens with zero attached hydrogens (tertiary/aromatic N) is 2. The minimum atomic E-state index is -1.08. The van der Waals surface area contributed by atoms with Gasteiger partial charge in [-0.15, -0.1) is 0 Å². The number of methoxy groups -OCH3 is 1. The van der Waals surface area contributed by atoms with Crippen molar-refractivity contribution in [3.63, 3.8) is 0 Å². The molecule has 0 aromatic carbocycles. The summed E-state index contributed by atoms with van der Waals surface area (Å²) in [5.74, 6) is -1.08. The number of carboxylic acids is 1. The molecule has 1 saturated carbocycles. The third-order valence-electron chi connectivity index (χ3n) is 4.11. The van der Waals surface area contributed by atoms with Gasteiger partial charge in [-0.3, -0.25) is 0 Å². The van der Waals surface area contributed by atoms with Crippen molar-refractivity contribution in [1.29, 1.82) is 0 Å². The van der Waals surface area contributed by atoms with Crippen LogP contribution in [-0.2, 0) is 9.53 Å². The maximum absolute atomic E-state index is 12.0. The van der Waals surface area contributed by atoms with Crippen molar-refractivity contribution in [2.45, 2.75) is 30.9 Å². The normalized spacial score (nSPS) is 18.2. The molecule has 0 radical (unpaired) electrons. The molecule has 1 fully saturated rings. The van der Waals surface area contributed by atoms with Gasteiger partial charge in [-0.25, -0.2) is 9.59 Å². The van der Waals surface area contributed by atoms with Gasteiger partial charge in [0.2, 0.25) is 0 Å². The van der Waals surface area contributed by atoms with Crippen LogP contribution in [0, 0.1) is 0 Å². The SMILES string of the molecule is COC(CNC(=O)N(C)CC1(N(C)C)CCC1)C(=O)O. The highest BCUT2D eigenvalue weighted by molar-refractivity contribution is 5.76. The van der Waals surface area contributed by atoms with E-state index in [1.165, 1.54) is 13.5 Å². The topological polar surface area (TPSA) is 82.1 Å². The smallest absolute Gasteiger partial charge is 0.334 e. The monoisotopic (exact) mass is 287 g/mol. The fourth-order valence-electron chi connectivity index (χ4n) is 2.43. The second kappa shape index (κ2) is 6.90. The van der Waals surface area contributed by atoms with Crippen molar-refractivity contribution >= 4 is 12.0 Å². The van der Waals surface area contributed by atoms with Gasteiger partial charge in [0.05, 0.1) is 6.54 Å². The van der Waals surface area contributed by atoms with Crippen LogP contribution >= 0.6 is 0 Å². The van der Waals surface area contributed by atoms with Crippen LogP contribution in [0.1, 0.15) is 19.3 Å². The highest BCUT2D eigenvalue weighted by Crippen LogP contribution is 2.36. The summed E-state index contributed by atoms with van der Waals surface area (Å²) in [5, 5.41) is 11.4. The van der Waals surface area contributed by atoms with E-state index in [4.69, 9.17) is 9.84 Å². The maximum Gasteiger partial charge on any atom is 0.334 e. The van der Waals surface area contributed by atoms with E-state index in [1.54, 1.807) is 11.9 Å². The van der Waals surface area contributed by atoms with E-state index in [2.05, 4.69) is 10.2 Å². The van der Waals surface area contributed by atoms with E-state index < -0.39 is 12.1 Å². The Morgan fingerprint density at radius 1 is 1.35 bits per heavy atom. The lowest BCUT2D eigenvalue weighted by atomic mass is 9.75. The second-order valence-electron chi connectivity index (χ2n) is 5.58. The molecule has 2 N–H and O–H groups in total. The summed E-state index contributed by atoms with van der Waals surface area (Å²) in [4.78, 5) is 26.5. The van der Waals surface area contributed by atoms with Crippen LogP contribution in [0.15, 0.2) is 0 Å². The largest absolute Gasteiger partial charge is 0.479 e. The van der Waals surface area contributed by atoms with Crippen molar-refractivity contribution in [1.82, 2.24) is 15.1 Å². The fraction of sp³-hybridized carbons (Fsp3) is 0.846. The zero-order valence-corrected chi connectivity index (χ0v) is 12.7. The van der Waals surface area contributed by atoms with E-state index in [0.29, 0.717) is 6.54 Å². The van der Waals surface area contributed by atoms with Crippen molar-refractivity contribution in [3.8, 4) is 0 Å². The summed E-state index contributed by atoms with van der Waals surface area (Å²) >= 11 is 0. The number of likely N-dealkylation sites (N-methyl/N-ethyl adjacent to an activating group) is 2. The molecule has 0 aliphatic heterocycles. The Hall–Kier alpha value is -1.34. The quantitative estimate of drug-likeness (QED) is 0.699. The fourth-order valence-corrected chi connectivity index (χ4v) is 2.43. The van der Waals surface area contributed by atoms with Gasteiger partial charge in [-0.1, -0.05) is 0 Å². The first kappa shape index (κ1) is 16.7. The number of carboxylic acid groups (broad SMARTS) is 1. The molecule has 1 aliphatic rings. The molecule has 7 heteroatoms. The third kappa shape index (κ3) is 3.83. The van der Waals surface area contributed by atoms with Crippen LogP contribution in [0.25, 0.3) is 0 Å². The number of rotatable bonds is 7. The van der Waals surface area contributed by atoms with Gasteiger partial charge >= 0.3 is 12.0 Å². The number of aliphatic carboxylic acids is 1. The Morgan fingerprint density at radius 2 is 1.95 bits per heavy atom. The summed E-state index contributed by atoms with van der Waals surface area (Å²) in [5.41, 5.74) is 0.0551. The molecule has 20 heavy (non-hydrogen) atoms. The van der Waals surface area contributed by atoms with E-state index in [0.717, 1.165) is 12.8 Å². The van der Waals surface area contributed by atoms with Crippen LogP contribution in [0.3, 0.4) is 0 Å². The minimum Gasteiger partial charge on any atom is -0.479 e. The number of ether oxygens (including phenoxy) is 1. The van der Waals surface area contributed by atoms with Crippen LogP contribution in [0.2, 0.25) is 0 Å². The molecule has 0 heterocycles. The van der Waals surface area contributed by atoms with Gasteiger partial charge in [0.1, 0.15) is 0 Å². The molecular formula is C13H25N3O4. The lowest BCUT2D eigenvalue weighted by molar-refractivity contribution is -0.148. The van der Waals surface area contributed by atoms with Crippen LogP contribution < -0.4 is 5.32 Å². The molecule has 1 unspecified atom stereocenters. The molecule has 1 atom stereocenters. The molecular weight excluding hydrogens is 262 g/mol. The molecule has 0 aromatic rings. The van der Waals surface area contributed by atoms with E-state index in [-0.39, 0.29) is 18.1 Å². The molecule has 0 bridgehead atoms. The van der Waals surface area contributed by atoms with E-state index >= 15 is 0 Å². The molecule has 0 aromatic heterocycles. The molecule has 116 valence electrons. The Kier molecular flexibility index (Phi) is 5.76. The predicted octanol–water partition coefficient (Wildman–Crippen LogP) is 0.212. The van der Waals surface area contributed by atoms with Crippen LogP contribution in [0.5, 0.6) is 0 Å². The van der Waals surface area contributed by atoms with Crippen molar-refractivity contribution in [2.24, 2.45) is 0 Å². The summed E-state index contributed by atoms with van der Waals surface area (Å²) in [6.45, 7) is 0.598. The highest BCUT2D eigenvalue weighted by atomic mass is 16.5. The van der Waals surface area contributed by atoms with Crippen LogP contribution in [-0.4, -0.2) is 79.9 Å². The van der Waals surface area contributed by atoms with Gasteiger partial charge in [0.25, 0.3) is 0 Å². The van der Waals surface area contributed by atoms with Gasteiger partial charge in [0, 0.05) is 26.2 Å². The lowest BCUT2D eigenvalue weighted by Crippen LogP contribution is -2.58. The van der Waals surface area contributed by atoms with Crippen molar-refractivity contribution in [3.05, 3.63) is 0 Å². The number of urea groups is 1.